The van der Waals surface area contributed by atoms with E-state index in [0.717, 1.165) is 18.2 Å². The van der Waals surface area contributed by atoms with Crippen LogP contribution in [0.4, 0.5) is 5.00 Å². The molecule has 0 amide bonds. The van der Waals surface area contributed by atoms with Crippen LogP contribution in [0.15, 0.2) is 36.6 Å². The summed E-state index contributed by atoms with van der Waals surface area (Å²) in [7, 11) is 0. The van der Waals surface area contributed by atoms with E-state index in [4.69, 9.17) is 4.74 Å². The summed E-state index contributed by atoms with van der Waals surface area (Å²) in [5, 5.41) is 4.94. The van der Waals surface area contributed by atoms with Crippen molar-refractivity contribution in [2.75, 3.05) is 11.9 Å². The standard InChI is InChI=1S/C19H21NOS/c1-2-6-14(7-3-1)13-20-19-12-16-15-8-4-5-9-17(15)21-11-10-18(16)22-19/h4-5,8-12,14,20H,1-3,6-7,13H2. The number of anilines is 1. The third-order valence-electron chi connectivity index (χ3n) is 4.64. The van der Waals surface area contributed by atoms with Gasteiger partial charge in [0.1, 0.15) is 5.75 Å². The number of ether oxygens (including phenoxy) is 1. The molecule has 0 bridgehead atoms. The van der Waals surface area contributed by atoms with Gasteiger partial charge < -0.3 is 10.1 Å². The molecule has 22 heavy (non-hydrogen) atoms. The Kier molecular flexibility index (Phi) is 3.90. The fourth-order valence-corrected chi connectivity index (χ4v) is 4.40. The van der Waals surface area contributed by atoms with E-state index in [0.29, 0.717) is 0 Å². The lowest BCUT2D eigenvalue weighted by molar-refractivity contribution is 0.373. The summed E-state index contributed by atoms with van der Waals surface area (Å²) < 4.78 is 5.69. The van der Waals surface area contributed by atoms with E-state index >= 15 is 0 Å². The molecule has 1 aromatic heterocycles. The lowest BCUT2D eigenvalue weighted by Crippen LogP contribution is -2.16. The Morgan fingerprint density at radius 3 is 2.86 bits per heavy atom. The van der Waals surface area contributed by atoms with E-state index in [2.05, 4.69) is 29.6 Å². The summed E-state index contributed by atoms with van der Waals surface area (Å²) in [6.45, 7) is 1.11. The van der Waals surface area contributed by atoms with Gasteiger partial charge in [0.2, 0.25) is 0 Å². The maximum Gasteiger partial charge on any atom is 0.134 e. The first kappa shape index (κ1) is 13.9. The van der Waals surface area contributed by atoms with E-state index in [1.54, 1.807) is 6.26 Å². The van der Waals surface area contributed by atoms with Crippen LogP contribution < -0.4 is 10.1 Å². The summed E-state index contributed by atoms with van der Waals surface area (Å²) in [5.74, 6) is 1.79. The van der Waals surface area contributed by atoms with Gasteiger partial charge in [0.25, 0.3) is 0 Å². The van der Waals surface area contributed by atoms with Gasteiger partial charge in [-0.05, 0) is 37.0 Å². The first-order valence-corrected chi connectivity index (χ1v) is 9.02. The molecule has 1 N–H and O–H groups in total. The van der Waals surface area contributed by atoms with E-state index in [1.807, 2.05) is 23.5 Å². The van der Waals surface area contributed by atoms with Crippen LogP contribution >= 0.6 is 11.3 Å². The van der Waals surface area contributed by atoms with Crippen molar-refractivity contribution in [2.24, 2.45) is 5.92 Å². The Morgan fingerprint density at radius 1 is 1.09 bits per heavy atom. The topological polar surface area (TPSA) is 21.3 Å². The molecule has 2 aliphatic rings. The fraction of sp³-hybridized carbons (Fsp3) is 0.368. The highest BCUT2D eigenvalue weighted by atomic mass is 32.1. The van der Waals surface area contributed by atoms with Crippen molar-refractivity contribution >= 4 is 22.4 Å². The Bertz CT molecular complexity index is 682. The van der Waals surface area contributed by atoms with E-state index in [9.17, 15) is 0 Å². The highest BCUT2D eigenvalue weighted by molar-refractivity contribution is 7.17. The van der Waals surface area contributed by atoms with Gasteiger partial charge in [-0.15, -0.1) is 11.3 Å². The normalized spacial score (nSPS) is 17.3. The largest absolute Gasteiger partial charge is 0.464 e. The molecule has 4 rings (SSSR count). The second kappa shape index (κ2) is 6.17. The monoisotopic (exact) mass is 311 g/mol. The molecule has 2 heterocycles. The van der Waals surface area contributed by atoms with Crippen LogP contribution in [0.25, 0.3) is 17.2 Å². The summed E-state index contributed by atoms with van der Waals surface area (Å²) in [6, 6.07) is 10.5. The summed E-state index contributed by atoms with van der Waals surface area (Å²) in [5.41, 5.74) is 2.46. The second-order valence-corrected chi connectivity index (χ2v) is 7.27. The van der Waals surface area contributed by atoms with Gasteiger partial charge in [0.05, 0.1) is 11.3 Å². The average molecular weight is 311 g/mol. The number of thiophene rings is 1. The maximum atomic E-state index is 5.69. The Labute approximate surface area is 135 Å². The van der Waals surface area contributed by atoms with E-state index in [1.165, 1.54) is 53.1 Å². The summed E-state index contributed by atoms with van der Waals surface area (Å²) in [6.07, 6.45) is 10.9. The zero-order valence-electron chi connectivity index (χ0n) is 12.7. The molecule has 0 saturated heterocycles. The molecule has 2 aromatic rings. The van der Waals surface area contributed by atoms with Gasteiger partial charge in [-0.1, -0.05) is 37.5 Å². The molecule has 0 unspecified atom stereocenters. The molecule has 114 valence electrons. The van der Waals surface area contributed by atoms with Crippen molar-refractivity contribution in [3.63, 3.8) is 0 Å². The maximum absolute atomic E-state index is 5.69. The minimum atomic E-state index is 0.849. The highest BCUT2D eigenvalue weighted by Gasteiger charge is 2.17. The van der Waals surface area contributed by atoms with Crippen molar-refractivity contribution in [1.82, 2.24) is 0 Å². The van der Waals surface area contributed by atoms with Crippen LogP contribution in [0, 0.1) is 5.92 Å². The number of para-hydroxylation sites is 1. The number of benzene rings is 1. The van der Waals surface area contributed by atoms with Crippen molar-refractivity contribution < 1.29 is 4.74 Å². The third-order valence-corrected chi connectivity index (χ3v) is 5.70. The molecular formula is C19H21NOS. The first-order chi connectivity index (χ1) is 10.9. The molecule has 0 spiro atoms. The van der Waals surface area contributed by atoms with Gasteiger partial charge in [0, 0.05) is 22.5 Å². The Morgan fingerprint density at radius 2 is 1.95 bits per heavy atom. The molecular weight excluding hydrogens is 290 g/mol. The summed E-state index contributed by atoms with van der Waals surface area (Å²) >= 11 is 1.82. The van der Waals surface area contributed by atoms with Gasteiger partial charge in [-0.3, -0.25) is 0 Å². The van der Waals surface area contributed by atoms with Gasteiger partial charge in [-0.25, -0.2) is 0 Å². The lowest BCUT2D eigenvalue weighted by atomic mass is 9.89. The molecule has 1 saturated carbocycles. The minimum absolute atomic E-state index is 0.849. The SMILES string of the molecule is C1=Cc2sc(NCC3CCCCC3)cc2-c2ccccc2O1. The van der Waals surface area contributed by atoms with Crippen molar-refractivity contribution in [1.29, 1.82) is 0 Å². The van der Waals surface area contributed by atoms with Gasteiger partial charge >= 0.3 is 0 Å². The van der Waals surface area contributed by atoms with Crippen LogP contribution in [-0.2, 0) is 0 Å². The van der Waals surface area contributed by atoms with Crippen molar-refractivity contribution in [2.45, 2.75) is 32.1 Å². The van der Waals surface area contributed by atoms with Crippen LogP contribution in [-0.4, -0.2) is 6.54 Å². The zero-order chi connectivity index (χ0) is 14.8. The Balaban J connectivity index is 1.55. The average Bonchev–Trinajstić information content (AvgIpc) is 2.90. The highest BCUT2D eigenvalue weighted by Crippen LogP contribution is 2.41. The molecule has 1 aliphatic heterocycles. The zero-order valence-corrected chi connectivity index (χ0v) is 13.5. The number of hydrogen-bond donors (Lipinski definition) is 1. The van der Waals surface area contributed by atoms with Crippen LogP contribution in [0.2, 0.25) is 0 Å². The molecule has 0 atom stereocenters. The van der Waals surface area contributed by atoms with Crippen LogP contribution in [0.1, 0.15) is 37.0 Å². The predicted molar refractivity (Wildman–Crippen MR) is 94.5 cm³/mol. The Hall–Kier alpha value is -1.74. The van der Waals surface area contributed by atoms with Crippen molar-refractivity contribution in [3.05, 3.63) is 41.5 Å². The molecule has 0 radical (unpaired) electrons. The molecule has 3 heteroatoms. The van der Waals surface area contributed by atoms with E-state index < -0.39 is 0 Å². The van der Waals surface area contributed by atoms with Crippen LogP contribution in [0.5, 0.6) is 5.75 Å². The van der Waals surface area contributed by atoms with Crippen molar-refractivity contribution in [3.8, 4) is 16.9 Å². The van der Waals surface area contributed by atoms with Crippen LogP contribution in [0.3, 0.4) is 0 Å². The number of nitrogens with one attached hydrogen (secondary N) is 1. The lowest BCUT2D eigenvalue weighted by Gasteiger charge is -2.21. The molecule has 1 fully saturated rings. The number of hydrogen-bond acceptors (Lipinski definition) is 3. The minimum Gasteiger partial charge on any atom is -0.464 e. The molecule has 2 nitrogen and oxygen atoms in total. The smallest absolute Gasteiger partial charge is 0.134 e. The summed E-state index contributed by atoms with van der Waals surface area (Å²) in [4.78, 5) is 1.27. The predicted octanol–water partition coefficient (Wildman–Crippen LogP) is 5.77. The van der Waals surface area contributed by atoms with E-state index in [-0.39, 0.29) is 0 Å². The number of fused-ring (bicyclic) bond motifs is 3. The van der Waals surface area contributed by atoms with Gasteiger partial charge in [-0.2, -0.15) is 0 Å². The molecule has 1 aromatic carbocycles. The van der Waals surface area contributed by atoms with Gasteiger partial charge in [0.15, 0.2) is 0 Å². The molecule has 1 aliphatic carbocycles. The fourth-order valence-electron chi connectivity index (χ4n) is 3.42. The number of rotatable bonds is 3. The quantitative estimate of drug-likeness (QED) is 0.777. The second-order valence-electron chi connectivity index (χ2n) is 6.19. The first-order valence-electron chi connectivity index (χ1n) is 8.20. The third kappa shape index (κ3) is 2.78.